The Morgan fingerprint density at radius 2 is 2.00 bits per heavy atom. The van der Waals surface area contributed by atoms with Crippen molar-refractivity contribution in [3.8, 4) is 0 Å². The van der Waals surface area contributed by atoms with E-state index < -0.39 is 23.4 Å². The number of rotatable bonds is 6. The number of nitrogens with zero attached hydrogens (tertiary/aromatic N) is 3. The van der Waals surface area contributed by atoms with Gasteiger partial charge in [-0.3, -0.25) is 9.59 Å². The van der Waals surface area contributed by atoms with Crippen molar-refractivity contribution in [3.05, 3.63) is 47.3 Å². The third-order valence-electron chi connectivity index (χ3n) is 6.79. The predicted molar refractivity (Wildman–Crippen MR) is 118 cm³/mol. The van der Waals surface area contributed by atoms with Crippen LogP contribution in [0.1, 0.15) is 36.1 Å². The Kier molecular flexibility index (Phi) is 4.55. The number of imide groups is 1. The fourth-order valence-electron chi connectivity index (χ4n) is 4.90. The summed E-state index contributed by atoms with van der Waals surface area (Å²) in [4.78, 5) is 46.0. The van der Waals surface area contributed by atoms with Crippen LogP contribution in [0.4, 0.5) is 15.6 Å². The molecule has 8 nitrogen and oxygen atoms in total. The van der Waals surface area contributed by atoms with E-state index in [-0.39, 0.29) is 5.41 Å². The lowest BCUT2D eigenvalue weighted by atomic mass is 9.64. The molecule has 2 aliphatic heterocycles. The Morgan fingerprint density at radius 1 is 1.26 bits per heavy atom. The highest BCUT2D eigenvalue weighted by atomic mass is 32.1. The molecule has 1 radical (unpaired) electrons. The lowest BCUT2D eigenvalue weighted by Gasteiger charge is -2.42. The number of aromatic nitrogens is 1. The standard InChI is InChI=1S/C22H24N5O3S/c1-14-12-24-19(31-14)25-13-21(8-2-9-21)15-4-6-16(7-5-15)27-18(29)22(17(23)28)10-3-11-26(22)20(27)30/h4-7,10,12H,2-3,8-9,11,13H2,1H3,(H2,23,28)(H,24,25)/t22-/m0/s1. The van der Waals surface area contributed by atoms with Gasteiger partial charge in [-0.05, 0) is 43.9 Å². The SMILES string of the molecule is Cc1cnc(NCC2(c3ccc(N4C(=O)N5CC[CH][C@]5(C(N)=O)C4=O)cc3)CCC2)s1. The molecular formula is C22H24N5O3S. The van der Waals surface area contributed by atoms with Crippen LogP contribution >= 0.6 is 11.3 Å². The molecule has 4 amide bonds. The summed E-state index contributed by atoms with van der Waals surface area (Å²) < 4.78 is 0. The summed E-state index contributed by atoms with van der Waals surface area (Å²) in [5.41, 5.74) is 5.52. The van der Waals surface area contributed by atoms with Gasteiger partial charge in [0.25, 0.3) is 11.8 Å². The number of thiazole rings is 1. The van der Waals surface area contributed by atoms with Gasteiger partial charge in [-0.25, -0.2) is 14.7 Å². The lowest BCUT2D eigenvalue weighted by Crippen LogP contribution is -2.55. The Hall–Kier alpha value is -2.94. The van der Waals surface area contributed by atoms with Crippen molar-refractivity contribution in [3.63, 3.8) is 0 Å². The van der Waals surface area contributed by atoms with Crippen molar-refractivity contribution < 1.29 is 14.4 Å². The number of amides is 4. The van der Waals surface area contributed by atoms with Crippen LogP contribution in [0.5, 0.6) is 0 Å². The number of carbonyl (C=O) groups excluding carboxylic acids is 3. The van der Waals surface area contributed by atoms with E-state index in [1.165, 1.54) is 15.3 Å². The van der Waals surface area contributed by atoms with Crippen LogP contribution in [-0.4, -0.2) is 46.4 Å². The molecule has 1 aliphatic carbocycles. The fourth-order valence-corrected chi connectivity index (χ4v) is 5.56. The summed E-state index contributed by atoms with van der Waals surface area (Å²) in [6.07, 6.45) is 7.19. The van der Waals surface area contributed by atoms with Crippen molar-refractivity contribution in [2.75, 3.05) is 23.3 Å². The maximum Gasteiger partial charge on any atom is 0.332 e. The number of aryl methyl sites for hydroxylation is 1. The van der Waals surface area contributed by atoms with Gasteiger partial charge in [-0.2, -0.15) is 0 Å². The zero-order valence-electron chi connectivity index (χ0n) is 17.3. The maximum atomic E-state index is 13.1. The van der Waals surface area contributed by atoms with Gasteiger partial charge in [0, 0.05) is 36.0 Å². The number of carbonyl (C=O) groups is 3. The molecule has 9 heteroatoms. The third-order valence-corrected chi connectivity index (χ3v) is 7.66. The molecule has 0 bridgehead atoms. The molecular weight excluding hydrogens is 414 g/mol. The van der Waals surface area contributed by atoms with Gasteiger partial charge in [0.2, 0.25) is 5.54 Å². The van der Waals surface area contributed by atoms with Crippen LogP contribution in [0.25, 0.3) is 0 Å². The average molecular weight is 439 g/mol. The summed E-state index contributed by atoms with van der Waals surface area (Å²) in [6, 6.07) is 7.04. The van der Waals surface area contributed by atoms with E-state index in [2.05, 4.69) is 10.3 Å². The van der Waals surface area contributed by atoms with Gasteiger partial charge >= 0.3 is 6.03 Å². The highest BCUT2D eigenvalue weighted by Crippen LogP contribution is 2.45. The fraction of sp³-hybridized carbons (Fsp3) is 0.409. The van der Waals surface area contributed by atoms with Crippen LogP contribution < -0.4 is 16.0 Å². The molecule has 0 unspecified atom stereocenters. The van der Waals surface area contributed by atoms with E-state index in [0.717, 1.165) is 35.8 Å². The topological polar surface area (TPSA) is 109 Å². The molecule has 3 N–H and O–H groups in total. The zero-order valence-corrected chi connectivity index (χ0v) is 18.1. The van der Waals surface area contributed by atoms with Crippen molar-refractivity contribution in [1.29, 1.82) is 0 Å². The van der Waals surface area contributed by atoms with E-state index in [1.807, 2.05) is 25.3 Å². The van der Waals surface area contributed by atoms with Crippen molar-refractivity contribution >= 4 is 40.0 Å². The monoisotopic (exact) mass is 438 g/mol. The molecule has 161 valence electrons. The quantitative estimate of drug-likeness (QED) is 0.532. The second-order valence-electron chi connectivity index (χ2n) is 8.51. The zero-order chi connectivity index (χ0) is 21.8. The number of anilines is 2. The van der Waals surface area contributed by atoms with Gasteiger partial charge < -0.3 is 16.0 Å². The second-order valence-corrected chi connectivity index (χ2v) is 9.74. The van der Waals surface area contributed by atoms with Crippen LogP contribution in [0.3, 0.4) is 0 Å². The van der Waals surface area contributed by atoms with Crippen molar-refractivity contribution in [2.24, 2.45) is 5.73 Å². The summed E-state index contributed by atoms with van der Waals surface area (Å²) in [7, 11) is 0. The van der Waals surface area contributed by atoms with Crippen molar-refractivity contribution in [1.82, 2.24) is 9.88 Å². The molecule has 2 saturated heterocycles. The van der Waals surface area contributed by atoms with Gasteiger partial charge in [0.05, 0.1) is 5.69 Å². The number of benzene rings is 1. The minimum atomic E-state index is -1.65. The first-order valence-corrected chi connectivity index (χ1v) is 11.3. The lowest BCUT2D eigenvalue weighted by molar-refractivity contribution is -0.134. The first-order chi connectivity index (χ1) is 14.9. The summed E-state index contributed by atoms with van der Waals surface area (Å²) in [5, 5.41) is 4.38. The van der Waals surface area contributed by atoms with Crippen LogP contribution in [-0.2, 0) is 15.0 Å². The molecule has 31 heavy (non-hydrogen) atoms. The number of hydrogen-bond donors (Lipinski definition) is 2. The van der Waals surface area contributed by atoms with Crippen LogP contribution in [0.15, 0.2) is 30.5 Å². The van der Waals surface area contributed by atoms with Crippen molar-refractivity contribution in [2.45, 2.75) is 43.6 Å². The molecule has 3 heterocycles. The molecule has 1 aromatic heterocycles. The second kappa shape index (κ2) is 7.05. The summed E-state index contributed by atoms with van der Waals surface area (Å²) in [5.74, 6) is -1.39. The van der Waals surface area contributed by atoms with Gasteiger partial charge in [0.1, 0.15) is 0 Å². The third kappa shape index (κ3) is 2.86. The van der Waals surface area contributed by atoms with E-state index in [4.69, 9.17) is 5.73 Å². The van der Waals surface area contributed by atoms with E-state index >= 15 is 0 Å². The first kappa shape index (κ1) is 20.0. The molecule has 1 saturated carbocycles. The van der Waals surface area contributed by atoms with E-state index in [0.29, 0.717) is 18.7 Å². The minimum Gasteiger partial charge on any atom is -0.367 e. The van der Waals surface area contributed by atoms with E-state index in [9.17, 15) is 14.4 Å². The van der Waals surface area contributed by atoms with Crippen LogP contribution in [0.2, 0.25) is 0 Å². The summed E-state index contributed by atoms with van der Waals surface area (Å²) in [6.45, 7) is 3.13. The molecule has 5 rings (SSSR count). The normalized spacial score (nSPS) is 24.3. The number of nitrogens with one attached hydrogen (secondary N) is 1. The van der Waals surface area contributed by atoms with Gasteiger partial charge in [-0.15, -0.1) is 11.3 Å². The number of fused-ring (bicyclic) bond motifs is 1. The Bertz CT molecular complexity index is 1060. The van der Waals surface area contributed by atoms with Gasteiger partial charge in [-0.1, -0.05) is 18.6 Å². The first-order valence-electron chi connectivity index (χ1n) is 10.4. The molecule has 1 atom stereocenters. The molecule has 0 spiro atoms. The van der Waals surface area contributed by atoms with Gasteiger partial charge in [0.15, 0.2) is 5.13 Å². The highest BCUT2D eigenvalue weighted by Gasteiger charge is 2.64. The highest BCUT2D eigenvalue weighted by molar-refractivity contribution is 7.15. The average Bonchev–Trinajstić information content (AvgIpc) is 3.39. The molecule has 1 aromatic carbocycles. The Labute approximate surface area is 184 Å². The number of hydrogen-bond acceptors (Lipinski definition) is 6. The number of urea groups is 1. The number of nitrogens with two attached hydrogens (primary N) is 1. The summed E-state index contributed by atoms with van der Waals surface area (Å²) >= 11 is 1.64. The maximum absolute atomic E-state index is 13.1. The van der Waals surface area contributed by atoms with E-state index in [1.54, 1.807) is 29.9 Å². The minimum absolute atomic E-state index is 0.0133. The molecule has 3 aliphatic rings. The predicted octanol–water partition coefficient (Wildman–Crippen LogP) is 2.59. The molecule has 3 fully saturated rings. The smallest absolute Gasteiger partial charge is 0.332 e. The number of primary amides is 1. The molecule has 2 aromatic rings. The largest absolute Gasteiger partial charge is 0.367 e. The Balaban J connectivity index is 1.38. The van der Waals surface area contributed by atoms with Crippen LogP contribution in [0, 0.1) is 13.3 Å². The Morgan fingerprint density at radius 3 is 2.55 bits per heavy atom.